The minimum absolute atomic E-state index is 0.350. The first kappa shape index (κ1) is 14.6. The number of benzene rings is 1. The average Bonchev–Trinajstić information content (AvgIpc) is 3.22. The highest BCUT2D eigenvalue weighted by Gasteiger charge is 2.21. The summed E-state index contributed by atoms with van der Waals surface area (Å²) in [5, 5.41) is 4.25. The number of aromatic nitrogens is 1. The fourth-order valence-corrected chi connectivity index (χ4v) is 2.43. The third-order valence-electron chi connectivity index (χ3n) is 3.10. The predicted molar refractivity (Wildman–Crippen MR) is 80.6 cm³/mol. The van der Waals surface area contributed by atoms with Crippen LogP contribution in [-0.2, 0) is 6.54 Å². The lowest BCUT2D eigenvalue weighted by atomic mass is 10.2. The second kappa shape index (κ2) is 6.18. The van der Waals surface area contributed by atoms with Gasteiger partial charge >= 0.3 is 0 Å². The van der Waals surface area contributed by atoms with Crippen LogP contribution in [0, 0.1) is 5.82 Å². The van der Waals surface area contributed by atoms with Gasteiger partial charge in [0, 0.05) is 28.2 Å². The summed E-state index contributed by atoms with van der Waals surface area (Å²) < 4.78 is 19.1. The molecule has 1 heterocycles. The van der Waals surface area contributed by atoms with E-state index in [0.29, 0.717) is 39.8 Å². The van der Waals surface area contributed by atoms with Gasteiger partial charge in [0.2, 0.25) is 5.88 Å². The molecule has 6 heteroatoms. The number of nitrogens with zero attached hydrogens (tertiary/aromatic N) is 1. The first-order chi connectivity index (χ1) is 10.1. The highest BCUT2D eigenvalue weighted by Crippen LogP contribution is 2.29. The van der Waals surface area contributed by atoms with E-state index in [-0.39, 0.29) is 5.82 Å². The Bertz CT molecular complexity index is 642. The summed E-state index contributed by atoms with van der Waals surface area (Å²) in [5.74, 6) is 0.432. The molecule has 3 rings (SSSR count). The highest BCUT2D eigenvalue weighted by molar-refractivity contribution is 6.34. The molecule has 0 atom stereocenters. The second-order valence-corrected chi connectivity index (χ2v) is 5.85. The van der Waals surface area contributed by atoms with E-state index in [1.54, 1.807) is 18.2 Å². The maximum absolute atomic E-state index is 13.4. The molecule has 3 nitrogen and oxygen atoms in total. The van der Waals surface area contributed by atoms with Crippen molar-refractivity contribution in [3.63, 3.8) is 0 Å². The van der Waals surface area contributed by atoms with Gasteiger partial charge in [-0.3, -0.25) is 0 Å². The largest absolute Gasteiger partial charge is 0.439 e. The van der Waals surface area contributed by atoms with Crippen LogP contribution in [0.4, 0.5) is 4.39 Å². The summed E-state index contributed by atoms with van der Waals surface area (Å²) in [5.41, 5.74) is 0.665. The van der Waals surface area contributed by atoms with Crippen LogP contribution in [0.15, 0.2) is 30.5 Å². The third kappa shape index (κ3) is 4.06. The number of pyridine rings is 1. The Balaban J connectivity index is 1.82. The molecule has 110 valence electrons. The van der Waals surface area contributed by atoms with Crippen molar-refractivity contribution >= 4 is 23.2 Å². The van der Waals surface area contributed by atoms with Crippen LogP contribution in [0.3, 0.4) is 0 Å². The van der Waals surface area contributed by atoms with Crippen LogP contribution in [0.1, 0.15) is 18.4 Å². The lowest BCUT2D eigenvalue weighted by Gasteiger charge is -2.11. The molecule has 0 unspecified atom stereocenters. The Kier molecular flexibility index (Phi) is 4.29. The van der Waals surface area contributed by atoms with Gasteiger partial charge in [0.05, 0.1) is 6.20 Å². The molecule has 1 saturated carbocycles. The number of nitrogens with one attached hydrogen (secondary N) is 1. The lowest BCUT2D eigenvalue weighted by Crippen LogP contribution is -2.16. The van der Waals surface area contributed by atoms with Crippen molar-refractivity contribution in [1.29, 1.82) is 0 Å². The maximum atomic E-state index is 13.4. The van der Waals surface area contributed by atoms with Crippen molar-refractivity contribution in [2.24, 2.45) is 0 Å². The second-order valence-electron chi connectivity index (χ2n) is 4.98. The standard InChI is InChI=1S/C15H13Cl2FN2O/c16-10-4-11(17)6-14(5-10)21-15-9(3-12(18)8-20-15)7-19-13-1-2-13/h3-6,8,13,19H,1-2,7H2. The van der Waals surface area contributed by atoms with E-state index in [1.807, 2.05) is 0 Å². The molecular weight excluding hydrogens is 314 g/mol. The van der Waals surface area contributed by atoms with Crippen LogP contribution in [0.2, 0.25) is 10.0 Å². The van der Waals surface area contributed by atoms with E-state index in [1.165, 1.54) is 6.07 Å². The topological polar surface area (TPSA) is 34.1 Å². The molecule has 21 heavy (non-hydrogen) atoms. The van der Waals surface area contributed by atoms with Crippen molar-refractivity contribution in [2.45, 2.75) is 25.4 Å². The third-order valence-corrected chi connectivity index (χ3v) is 3.54. The molecule has 0 radical (unpaired) electrons. The van der Waals surface area contributed by atoms with Gasteiger partial charge in [-0.25, -0.2) is 9.37 Å². The molecule has 0 bridgehead atoms. The molecule has 1 aliphatic rings. The number of halogens is 3. The van der Waals surface area contributed by atoms with Crippen molar-refractivity contribution in [2.75, 3.05) is 0 Å². The quantitative estimate of drug-likeness (QED) is 0.873. The molecular formula is C15H13Cl2FN2O. The molecule has 0 aliphatic heterocycles. The zero-order valence-electron chi connectivity index (χ0n) is 11.1. The van der Waals surface area contributed by atoms with Crippen molar-refractivity contribution < 1.29 is 9.13 Å². The number of hydrogen-bond donors (Lipinski definition) is 1. The first-order valence-corrected chi connectivity index (χ1v) is 7.37. The van der Waals surface area contributed by atoms with Crippen molar-refractivity contribution in [3.8, 4) is 11.6 Å². The van der Waals surface area contributed by atoms with Crippen molar-refractivity contribution in [3.05, 3.63) is 51.9 Å². The minimum Gasteiger partial charge on any atom is -0.439 e. The molecule has 0 amide bonds. The Morgan fingerprint density at radius 2 is 1.90 bits per heavy atom. The Labute approximate surface area is 132 Å². The Hall–Kier alpha value is -1.36. The lowest BCUT2D eigenvalue weighted by molar-refractivity contribution is 0.448. The molecule has 1 aromatic carbocycles. The van der Waals surface area contributed by atoms with Gasteiger partial charge in [-0.2, -0.15) is 0 Å². The normalized spacial score (nSPS) is 14.2. The summed E-state index contributed by atoms with van der Waals surface area (Å²) in [6.07, 6.45) is 3.44. The van der Waals surface area contributed by atoms with Crippen LogP contribution in [0.5, 0.6) is 11.6 Å². The number of hydrogen-bond acceptors (Lipinski definition) is 3. The van der Waals surface area contributed by atoms with Gasteiger partial charge in [0.15, 0.2) is 0 Å². The summed E-state index contributed by atoms with van der Waals surface area (Å²) in [6.45, 7) is 0.513. The average molecular weight is 327 g/mol. The number of ether oxygens (including phenoxy) is 1. The van der Waals surface area contributed by atoms with E-state index in [4.69, 9.17) is 27.9 Å². The maximum Gasteiger partial charge on any atom is 0.223 e. The summed E-state index contributed by atoms with van der Waals surface area (Å²) in [6, 6.07) is 6.82. The Morgan fingerprint density at radius 3 is 2.57 bits per heavy atom. The van der Waals surface area contributed by atoms with Crippen LogP contribution < -0.4 is 10.1 Å². The van der Waals surface area contributed by atoms with E-state index < -0.39 is 0 Å². The van der Waals surface area contributed by atoms with Crippen LogP contribution >= 0.6 is 23.2 Å². The summed E-state index contributed by atoms with van der Waals surface area (Å²) in [4.78, 5) is 4.01. The van der Waals surface area contributed by atoms with Gasteiger partial charge < -0.3 is 10.1 Å². The first-order valence-electron chi connectivity index (χ1n) is 6.62. The van der Waals surface area contributed by atoms with Crippen LogP contribution in [-0.4, -0.2) is 11.0 Å². The van der Waals surface area contributed by atoms with E-state index >= 15 is 0 Å². The van der Waals surface area contributed by atoms with Crippen LogP contribution in [0.25, 0.3) is 0 Å². The Morgan fingerprint density at radius 1 is 1.19 bits per heavy atom. The molecule has 0 saturated heterocycles. The monoisotopic (exact) mass is 326 g/mol. The number of rotatable bonds is 5. The summed E-state index contributed by atoms with van der Waals surface area (Å²) in [7, 11) is 0. The van der Waals surface area contributed by atoms with E-state index in [0.717, 1.165) is 19.0 Å². The minimum atomic E-state index is -0.390. The smallest absolute Gasteiger partial charge is 0.223 e. The predicted octanol–water partition coefficient (Wildman–Crippen LogP) is 4.57. The highest BCUT2D eigenvalue weighted by atomic mass is 35.5. The molecule has 0 spiro atoms. The fourth-order valence-electron chi connectivity index (χ4n) is 1.93. The van der Waals surface area contributed by atoms with Gasteiger partial charge in [-0.15, -0.1) is 0 Å². The molecule has 1 aromatic heterocycles. The zero-order valence-corrected chi connectivity index (χ0v) is 12.6. The van der Waals surface area contributed by atoms with E-state index in [9.17, 15) is 4.39 Å². The van der Waals surface area contributed by atoms with E-state index in [2.05, 4.69) is 10.3 Å². The van der Waals surface area contributed by atoms with Gasteiger partial charge in [-0.1, -0.05) is 23.2 Å². The molecule has 1 aliphatic carbocycles. The molecule has 1 N–H and O–H groups in total. The molecule has 1 fully saturated rings. The van der Waals surface area contributed by atoms with Crippen molar-refractivity contribution in [1.82, 2.24) is 10.3 Å². The summed E-state index contributed by atoms with van der Waals surface area (Å²) >= 11 is 11.9. The molecule has 2 aromatic rings. The van der Waals surface area contributed by atoms with Gasteiger partial charge in [0.25, 0.3) is 0 Å². The van der Waals surface area contributed by atoms with Gasteiger partial charge in [-0.05, 0) is 37.1 Å². The zero-order chi connectivity index (χ0) is 14.8. The van der Waals surface area contributed by atoms with Gasteiger partial charge in [0.1, 0.15) is 11.6 Å². The fraction of sp³-hybridized carbons (Fsp3) is 0.267. The SMILES string of the molecule is Fc1cnc(Oc2cc(Cl)cc(Cl)c2)c(CNC2CC2)c1.